The Bertz CT molecular complexity index is 1240. The van der Waals surface area contributed by atoms with E-state index in [1.165, 1.54) is 38.5 Å². The molecule has 0 aromatic heterocycles. The number of benzene rings is 1. The minimum atomic E-state index is 0.553. The van der Waals surface area contributed by atoms with Crippen LogP contribution in [-0.2, 0) is 0 Å². The highest BCUT2D eigenvalue weighted by Gasteiger charge is 2.43. The van der Waals surface area contributed by atoms with Crippen LogP contribution in [0.3, 0.4) is 0 Å². The van der Waals surface area contributed by atoms with Crippen molar-refractivity contribution < 1.29 is 0 Å². The van der Waals surface area contributed by atoms with Crippen LogP contribution >= 0.6 is 0 Å². The smallest absolute Gasteiger partial charge is 0.0104 e. The molecule has 0 nitrogen and oxygen atoms in total. The molecule has 0 spiro atoms. The molecule has 0 N–H and O–H groups in total. The van der Waals surface area contributed by atoms with E-state index < -0.39 is 0 Å². The molecule has 6 aliphatic rings. The molecule has 0 saturated carbocycles. The SMILES string of the molecule is Cc1c2c(c(C)c3c1=CCCC=3)C1CC3CC=CC=C3C=C1C1=CC3=CC=CCC3CC12. The van der Waals surface area contributed by atoms with E-state index >= 15 is 0 Å². The second kappa shape index (κ2) is 6.95. The van der Waals surface area contributed by atoms with Gasteiger partial charge in [0.05, 0.1) is 0 Å². The fraction of sp³-hybridized carbons (Fsp3) is 0.375. The van der Waals surface area contributed by atoms with E-state index in [1.54, 1.807) is 55.0 Å². The lowest BCUT2D eigenvalue weighted by Gasteiger charge is -2.46. The second-order valence-electron chi connectivity index (χ2n) is 10.7. The fourth-order valence-corrected chi connectivity index (χ4v) is 7.66. The Morgan fingerprint density at radius 1 is 0.656 bits per heavy atom. The van der Waals surface area contributed by atoms with Gasteiger partial charge in [0.1, 0.15) is 0 Å². The van der Waals surface area contributed by atoms with Crippen molar-refractivity contribution in [3.8, 4) is 0 Å². The molecule has 0 amide bonds. The standard InChI is InChI=1S/C32H32/c1-19-25-13-7-8-14-26(25)20(2)32-30-18-24-12-6-4-10-22(24)16-28(30)27-15-21-9-3-5-11-23(21)17-29(27)31(19)32/h3-6,9-10,13-16,23-24,29-30H,7-8,11-12,17-18H2,1-2H3. The van der Waals surface area contributed by atoms with Crippen LogP contribution in [0.15, 0.2) is 70.9 Å². The topological polar surface area (TPSA) is 0 Å². The Balaban J connectivity index is 1.55. The number of fused-ring (bicyclic) bond motifs is 9. The molecule has 0 heteroatoms. The van der Waals surface area contributed by atoms with E-state index in [0.717, 1.165) is 0 Å². The summed E-state index contributed by atoms with van der Waals surface area (Å²) >= 11 is 0. The molecule has 0 aliphatic heterocycles. The van der Waals surface area contributed by atoms with Crippen LogP contribution in [0, 0.1) is 25.7 Å². The van der Waals surface area contributed by atoms with Gasteiger partial charge in [0.25, 0.3) is 0 Å². The summed E-state index contributed by atoms with van der Waals surface area (Å²) in [5.41, 5.74) is 13.0. The van der Waals surface area contributed by atoms with Crippen molar-refractivity contribution in [1.29, 1.82) is 0 Å². The molecule has 160 valence electrons. The zero-order chi connectivity index (χ0) is 21.4. The van der Waals surface area contributed by atoms with Crippen molar-refractivity contribution >= 4 is 12.2 Å². The molecule has 1 aromatic carbocycles. The Kier molecular flexibility index (Phi) is 4.11. The van der Waals surface area contributed by atoms with Crippen molar-refractivity contribution in [2.75, 3.05) is 0 Å². The molecule has 1 aromatic rings. The van der Waals surface area contributed by atoms with E-state index in [1.807, 2.05) is 0 Å². The molecule has 0 saturated heterocycles. The zero-order valence-corrected chi connectivity index (χ0v) is 19.3. The van der Waals surface area contributed by atoms with Crippen LogP contribution in [0.25, 0.3) is 12.2 Å². The second-order valence-corrected chi connectivity index (χ2v) is 10.7. The lowest BCUT2D eigenvalue weighted by Crippen LogP contribution is -2.39. The normalized spacial score (nSPS) is 31.1. The van der Waals surface area contributed by atoms with Crippen molar-refractivity contribution in [3.63, 3.8) is 0 Å². The number of allylic oxidation sites excluding steroid dienone is 12. The van der Waals surface area contributed by atoms with Crippen LogP contribution in [-0.4, -0.2) is 0 Å². The molecule has 4 atom stereocenters. The first kappa shape index (κ1) is 18.9. The number of hydrogen-bond acceptors (Lipinski definition) is 0. The van der Waals surface area contributed by atoms with Gasteiger partial charge in [-0.15, -0.1) is 0 Å². The lowest BCUT2D eigenvalue weighted by molar-refractivity contribution is 0.457. The maximum Gasteiger partial charge on any atom is 0.0104 e. The van der Waals surface area contributed by atoms with E-state index in [4.69, 9.17) is 0 Å². The maximum atomic E-state index is 2.60. The van der Waals surface area contributed by atoms with Gasteiger partial charge < -0.3 is 0 Å². The molecular weight excluding hydrogens is 384 g/mol. The lowest BCUT2D eigenvalue weighted by atomic mass is 9.58. The average Bonchev–Trinajstić information content (AvgIpc) is 2.84. The Hall–Kier alpha value is -2.60. The molecule has 6 aliphatic carbocycles. The van der Waals surface area contributed by atoms with Gasteiger partial charge in [0, 0.05) is 11.8 Å². The van der Waals surface area contributed by atoms with Gasteiger partial charge >= 0.3 is 0 Å². The van der Waals surface area contributed by atoms with Crippen molar-refractivity contribution in [3.05, 3.63) is 104 Å². The highest BCUT2D eigenvalue weighted by atomic mass is 14.5. The minimum absolute atomic E-state index is 0.553. The molecular formula is C32H32. The molecule has 0 bridgehead atoms. The third-order valence-corrected chi connectivity index (χ3v) is 9.16. The number of hydrogen-bond donors (Lipinski definition) is 0. The van der Waals surface area contributed by atoms with Gasteiger partial charge in [-0.25, -0.2) is 0 Å². The fourth-order valence-electron chi connectivity index (χ4n) is 7.66. The third-order valence-electron chi connectivity index (χ3n) is 9.16. The third kappa shape index (κ3) is 2.56. The number of rotatable bonds is 0. The van der Waals surface area contributed by atoms with E-state index in [-0.39, 0.29) is 0 Å². The van der Waals surface area contributed by atoms with E-state index in [0.29, 0.717) is 23.7 Å². The Labute approximate surface area is 191 Å². The predicted octanol–water partition coefficient (Wildman–Crippen LogP) is 6.50. The van der Waals surface area contributed by atoms with Crippen molar-refractivity contribution in [2.24, 2.45) is 11.8 Å². The van der Waals surface area contributed by atoms with Gasteiger partial charge in [-0.05, 0) is 119 Å². The first-order valence-electron chi connectivity index (χ1n) is 12.7. The highest BCUT2D eigenvalue weighted by Crippen LogP contribution is 2.57. The molecule has 0 fully saturated rings. The van der Waals surface area contributed by atoms with Crippen molar-refractivity contribution in [2.45, 2.75) is 64.2 Å². The highest BCUT2D eigenvalue weighted by molar-refractivity contribution is 5.67. The Morgan fingerprint density at radius 2 is 1.12 bits per heavy atom. The molecule has 0 heterocycles. The summed E-state index contributed by atoms with van der Waals surface area (Å²) in [6.45, 7) is 4.87. The predicted molar refractivity (Wildman–Crippen MR) is 135 cm³/mol. The van der Waals surface area contributed by atoms with E-state index in [2.05, 4.69) is 74.6 Å². The van der Waals surface area contributed by atoms with Crippen LogP contribution < -0.4 is 10.4 Å². The summed E-state index contributed by atoms with van der Waals surface area (Å²) in [5, 5.41) is 3.09. The van der Waals surface area contributed by atoms with Crippen molar-refractivity contribution in [1.82, 2.24) is 0 Å². The van der Waals surface area contributed by atoms with E-state index in [9.17, 15) is 0 Å². The summed E-state index contributed by atoms with van der Waals surface area (Å²) in [6.07, 6.45) is 31.6. The zero-order valence-electron chi connectivity index (χ0n) is 19.3. The molecule has 0 radical (unpaired) electrons. The Morgan fingerprint density at radius 3 is 1.59 bits per heavy atom. The first-order valence-corrected chi connectivity index (χ1v) is 12.7. The van der Waals surface area contributed by atoms with Crippen LogP contribution in [0.2, 0.25) is 0 Å². The van der Waals surface area contributed by atoms with Gasteiger partial charge in [0.2, 0.25) is 0 Å². The van der Waals surface area contributed by atoms with Gasteiger partial charge in [-0.2, -0.15) is 0 Å². The summed E-state index contributed by atoms with van der Waals surface area (Å²) in [7, 11) is 0. The minimum Gasteiger partial charge on any atom is -0.0839 e. The molecule has 32 heavy (non-hydrogen) atoms. The molecule has 4 unspecified atom stereocenters. The van der Waals surface area contributed by atoms with Crippen LogP contribution in [0.5, 0.6) is 0 Å². The largest absolute Gasteiger partial charge is 0.0839 e. The van der Waals surface area contributed by atoms with Crippen LogP contribution in [0.4, 0.5) is 0 Å². The monoisotopic (exact) mass is 416 g/mol. The van der Waals surface area contributed by atoms with Gasteiger partial charge in [-0.1, -0.05) is 60.8 Å². The molecule has 7 rings (SSSR count). The summed E-state index contributed by atoms with van der Waals surface area (Å²) in [5.74, 6) is 2.46. The van der Waals surface area contributed by atoms with Crippen LogP contribution in [0.1, 0.15) is 72.6 Å². The average molecular weight is 417 g/mol. The quantitative estimate of drug-likeness (QED) is 0.452. The summed E-state index contributed by atoms with van der Waals surface area (Å²) in [4.78, 5) is 0. The summed E-state index contributed by atoms with van der Waals surface area (Å²) in [6, 6.07) is 0. The van der Waals surface area contributed by atoms with Gasteiger partial charge in [0.15, 0.2) is 0 Å². The first-order chi connectivity index (χ1) is 15.7. The maximum absolute atomic E-state index is 2.60. The summed E-state index contributed by atoms with van der Waals surface area (Å²) < 4.78 is 0. The van der Waals surface area contributed by atoms with Gasteiger partial charge in [-0.3, -0.25) is 0 Å².